The summed E-state index contributed by atoms with van der Waals surface area (Å²) in [6, 6.07) is -1.13. The third-order valence-corrected chi connectivity index (χ3v) is 2.50. The summed E-state index contributed by atoms with van der Waals surface area (Å²) in [4.78, 5) is 22.7. The van der Waals surface area contributed by atoms with Crippen molar-refractivity contribution in [2.45, 2.75) is 12.6 Å². The van der Waals surface area contributed by atoms with Crippen molar-refractivity contribution in [1.82, 2.24) is 14.7 Å². The number of hydrogen-bond acceptors (Lipinski definition) is 3. The van der Waals surface area contributed by atoms with Crippen molar-refractivity contribution in [2.24, 2.45) is 7.05 Å². The minimum absolute atomic E-state index is 0.0676. The second-order valence-corrected chi connectivity index (χ2v) is 3.32. The van der Waals surface area contributed by atoms with E-state index in [9.17, 15) is 9.59 Å². The van der Waals surface area contributed by atoms with Crippen LogP contribution in [0, 0.1) is 0 Å². The Balaban J connectivity index is 2.46. The standard InChI is InChI=1S/C8H9N3O4/c1-10-5-3-11(8(14)15)6(7(12)13)4(5)2-9-10/h2,6H,3H2,1H3,(H,12,13)(H,14,15)/t6-/m0/s1. The molecule has 0 fully saturated rings. The second kappa shape index (κ2) is 2.97. The number of carboxylic acid groups (broad SMARTS) is 2. The maximum Gasteiger partial charge on any atom is 0.408 e. The highest BCUT2D eigenvalue weighted by Gasteiger charge is 2.40. The number of aliphatic carboxylic acids is 1. The molecular weight excluding hydrogens is 202 g/mol. The van der Waals surface area contributed by atoms with Gasteiger partial charge in [-0.3, -0.25) is 9.58 Å². The van der Waals surface area contributed by atoms with Crippen LogP contribution < -0.4 is 0 Å². The van der Waals surface area contributed by atoms with Gasteiger partial charge in [-0.05, 0) is 0 Å². The van der Waals surface area contributed by atoms with Crippen molar-refractivity contribution in [1.29, 1.82) is 0 Å². The lowest BCUT2D eigenvalue weighted by Crippen LogP contribution is -2.32. The molecule has 7 nitrogen and oxygen atoms in total. The first-order valence-corrected chi connectivity index (χ1v) is 4.25. The smallest absolute Gasteiger partial charge is 0.408 e. The van der Waals surface area contributed by atoms with Crippen molar-refractivity contribution < 1.29 is 19.8 Å². The first kappa shape index (κ1) is 9.50. The van der Waals surface area contributed by atoms with Crippen LogP contribution in [0.4, 0.5) is 4.79 Å². The third kappa shape index (κ3) is 1.24. The van der Waals surface area contributed by atoms with E-state index in [2.05, 4.69) is 5.10 Å². The van der Waals surface area contributed by atoms with E-state index in [-0.39, 0.29) is 6.54 Å². The molecule has 1 aliphatic rings. The fourth-order valence-electron chi connectivity index (χ4n) is 1.77. The number of amides is 1. The van der Waals surface area contributed by atoms with Crippen molar-refractivity contribution in [3.05, 3.63) is 17.5 Å². The van der Waals surface area contributed by atoms with Crippen molar-refractivity contribution in [2.75, 3.05) is 0 Å². The molecule has 0 aliphatic carbocycles. The predicted molar refractivity (Wildman–Crippen MR) is 47.2 cm³/mol. The van der Waals surface area contributed by atoms with Crippen LogP contribution in [0.2, 0.25) is 0 Å². The molecule has 1 amide bonds. The molecule has 1 aromatic heterocycles. The van der Waals surface area contributed by atoms with Gasteiger partial charge in [0, 0.05) is 12.6 Å². The van der Waals surface area contributed by atoms with Crippen LogP contribution in [0.3, 0.4) is 0 Å². The van der Waals surface area contributed by atoms with Crippen molar-refractivity contribution >= 4 is 12.1 Å². The van der Waals surface area contributed by atoms with Crippen LogP contribution in [0.25, 0.3) is 0 Å². The quantitative estimate of drug-likeness (QED) is 0.683. The summed E-state index contributed by atoms with van der Waals surface area (Å²) in [6.07, 6.45) is 0.162. The van der Waals surface area contributed by atoms with E-state index in [0.717, 1.165) is 4.90 Å². The summed E-state index contributed by atoms with van der Waals surface area (Å²) in [7, 11) is 1.66. The summed E-state index contributed by atoms with van der Waals surface area (Å²) >= 11 is 0. The second-order valence-electron chi connectivity index (χ2n) is 3.32. The normalized spacial score (nSPS) is 19.0. The molecular formula is C8H9N3O4. The van der Waals surface area contributed by atoms with E-state index in [1.165, 1.54) is 10.9 Å². The number of aromatic nitrogens is 2. The molecule has 15 heavy (non-hydrogen) atoms. The van der Waals surface area contributed by atoms with Gasteiger partial charge < -0.3 is 10.2 Å². The van der Waals surface area contributed by atoms with Gasteiger partial charge in [-0.25, -0.2) is 9.59 Å². The molecule has 2 rings (SSSR count). The fourth-order valence-corrected chi connectivity index (χ4v) is 1.77. The molecule has 0 aromatic carbocycles. The molecule has 0 saturated carbocycles. The Bertz CT molecular complexity index is 439. The van der Waals surface area contributed by atoms with Crippen molar-refractivity contribution in [3.63, 3.8) is 0 Å². The molecule has 1 aromatic rings. The molecule has 0 spiro atoms. The van der Waals surface area contributed by atoms with Gasteiger partial charge in [0.1, 0.15) is 0 Å². The van der Waals surface area contributed by atoms with Gasteiger partial charge in [-0.1, -0.05) is 0 Å². The lowest BCUT2D eigenvalue weighted by Gasteiger charge is -2.17. The number of carboxylic acids is 1. The highest BCUT2D eigenvalue weighted by molar-refractivity contribution is 5.82. The summed E-state index contributed by atoms with van der Waals surface area (Å²) in [5, 5.41) is 21.7. The van der Waals surface area contributed by atoms with Crippen LogP contribution in [0.15, 0.2) is 6.20 Å². The van der Waals surface area contributed by atoms with E-state index in [1.54, 1.807) is 7.05 Å². The summed E-state index contributed by atoms with van der Waals surface area (Å²) in [6.45, 7) is 0.0676. The molecule has 2 heterocycles. The summed E-state index contributed by atoms with van der Waals surface area (Å²) < 4.78 is 1.49. The number of aryl methyl sites for hydroxylation is 1. The molecule has 0 saturated heterocycles. The number of carbonyl (C=O) groups is 2. The van der Waals surface area contributed by atoms with Crippen LogP contribution in [-0.4, -0.2) is 37.0 Å². The molecule has 0 bridgehead atoms. The van der Waals surface area contributed by atoms with E-state index < -0.39 is 18.1 Å². The third-order valence-electron chi connectivity index (χ3n) is 2.50. The highest BCUT2D eigenvalue weighted by Crippen LogP contribution is 2.33. The number of fused-ring (bicyclic) bond motifs is 1. The Morgan fingerprint density at radius 1 is 1.53 bits per heavy atom. The zero-order chi connectivity index (χ0) is 11.2. The molecule has 2 N–H and O–H groups in total. The summed E-state index contributed by atoms with van der Waals surface area (Å²) in [5.74, 6) is -1.18. The molecule has 80 valence electrons. The van der Waals surface area contributed by atoms with Gasteiger partial charge in [0.05, 0.1) is 18.4 Å². The summed E-state index contributed by atoms with van der Waals surface area (Å²) in [5.41, 5.74) is 1.08. The van der Waals surface area contributed by atoms with Gasteiger partial charge in [0.2, 0.25) is 0 Å². The SMILES string of the molecule is Cn1ncc2c1CN(C(=O)O)[C@@H]2C(=O)O. The number of hydrogen-bond donors (Lipinski definition) is 2. The van der Waals surface area contributed by atoms with Crippen LogP contribution in [0.1, 0.15) is 17.3 Å². The first-order valence-electron chi connectivity index (χ1n) is 4.25. The van der Waals surface area contributed by atoms with Crippen molar-refractivity contribution in [3.8, 4) is 0 Å². The Morgan fingerprint density at radius 2 is 2.20 bits per heavy atom. The lowest BCUT2D eigenvalue weighted by molar-refractivity contribution is -0.142. The lowest BCUT2D eigenvalue weighted by atomic mass is 10.1. The van der Waals surface area contributed by atoms with E-state index >= 15 is 0 Å². The average molecular weight is 211 g/mol. The van der Waals surface area contributed by atoms with E-state index in [4.69, 9.17) is 10.2 Å². The van der Waals surface area contributed by atoms with E-state index in [1.807, 2.05) is 0 Å². The fraction of sp³-hybridized carbons (Fsp3) is 0.375. The molecule has 0 radical (unpaired) electrons. The monoisotopic (exact) mass is 211 g/mol. The number of rotatable bonds is 1. The maximum atomic E-state index is 10.9. The zero-order valence-electron chi connectivity index (χ0n) is 7.91. The Labute approximate surface area is 84.5 Å². The van der Waals surface area contributed by atoms with Gasteiger partial charge >= 0.3 is 12.1 Å². The maximum absolute atomic E-state index is 10.9. The Morgan fingerprint density at radius 3 is 2.73 bits per heavy atom. The Hall–Kier alpha value is -2.05. The molecule has 7 heteroatoms. The van der Waals surface area contributed by atoms with Gasteiger partial charge in [0.25, 0.3) is 0 Å². The van der Waals surface area contributed by atoms with Crippen LogP contribution in [0.5, 0.6) is 0 Å². The van der Waals surface area contributed by atoms with E-state index in [0.29, 0.717) is 11.3 Å². The zero-order valence-corrected chi connectivity index (χ0v) is 7.91. The minimum atomic E-state index is -1.24. The topological polar surface area (TPSA) is 95.7 Å². The average Bonchev–Trinajstić information content (AvgIpc) is 2.65. The van der Waals surface area contributed by atoms with Gasteiger partial charge in [0.15, 0.2) is 6.04 Å². The Kier molecular flexibility index (Phi) is 1.88. The van der Waals surface area contributed by atoms with Crippen LogP contribution in [-0.2, 0) is 18.4 Å². The number of nitrogens with zero attached hydrogens (tertiary/aromatic N) is 3. The highest BCUT2D eigenvalue weighted by atomic mass is 16.4. The molecule has 1 atom stereocenters. The minimum Gasteiger partial charge on any atom is -0.479 e. The van der Waals surface area contributed by atoms with Gasteiger partial charge in [-0.2, -0.15) is 5.10 Å². The largest absolute Gasteiger partial charge is 0.479 e. The predicted octanol–water partition coefficient (Wildman–Crippen LogP) is 0.0394. The molecule has 0 unspecified atom stereocenters. The van der Waals surface area contributed by atoms with Gasteiger partial charge in [-0.15, -0.1) is 0 Å². The van der Waals surface area contributed by atoms with Crippen LogP contribution >= 0.6 is 0 Å². The molecule has 1 aliphatic heterocycles. The first-order chi connectivity index (χ1) is 7.02.